The normalized spacial score (nSPS) is 25.4. The molecule has 1 rings (SSSR count). The lowest BCUT2D eigenvalue weighted by molar-refractivity contribution is -0.136. The number of urea groups is 1. The summed E-state index contributed by atoms with van der Waals surface area (Å²) in [5.74, 6) is -0.351. The molecular formula is C9H16N2O3. The molecule has 14 heavy (non-hydrogen) atoms. The number of hydrogen-bond acceptors (Lipinski definition) is 2. The van der Waals surface area contributed by atoms with Crippen molar-refractivity contribution in [1.82, 2.24) is 10.2 Å². The first-order valence-corrected chi connectivity index (χ1v) is 4.78. The molecule has 2 atom stereocenters. The zero-order chi connectivity index (χ0) is 10.7. The zero-order valence-electron chi connectivity index (χ0n) is 8.49. The molecule has 5 nitrogen and oxygen atoms in total. The van der Waals surface area contributed by atoms with Gasteiger partial charge in [-0.15, -0.1) is 0 Å². The van der Waals surface area contributed by atoms with Gasteiger partial charge in [0, 0.05) is 19.1 Å². The molecule has 0 saturated carbocycles. The Morgan fingerprint density at radius 3 is 2.57 bits per heavy atom. The molecule has 2 N–H and O–H groups in total. The van der Waals surface area contributed by atoms with Gasteiger partial charge >= 0.3 is 12.0 Å². The van der Waals surface area contributed by atoms with Crippen LogP contribution in [0, 0.1) is 5.92 Å². The van der Waals surface area contributed by atoms with E-state index in [1.165, 1.54) is 0 Å². The van der Waals surface area contributed by atoms with E-state index in [2.05, 4.69) is 12.2 Å². The minimum absolute atomic E-state index is 0.0243. The number of nitrogens with zero attached hydrogens (tertiary/aromatic N) is 1. The fraction of sp³-hybridized carbons (Fsp3) is 0.778. The van der Waals surface area contributed by atoms with Crippen LogP contribution in [0.1, 0.15) is 20.3 Å². The fourth-order valence-corrected chi connectivity index (χ4v) is 1.44. The highest BCUT2D eigenvalue weighted by atomic mass is 16.4. The second-order valence-electron chi connectivity index (χ2n) is 3.75. The number of carboxylic acid groups (broad SMARTS) is 1. The average Bonchev–Trinajstić information content (AvgIpc) is 2.12. The summed E-state index contributed by atoms with van der Waals surface area (Å²) < 4.78 is 0. The molecule has 0 aromatic carbocycles. The molecule has 0 aromatic heterocycles. The number of likely N-dealkylation sites (tertiary alicyclic amines) is 1. The minimum Gasteiger partial charge on any atom is -0.481 e. The second kappa shape index (κ2) is 4.30. The number of carbonyl (C=O) groups excluding carboxylic acids is 1. The molecule has 1 aliphatic heterocycles. The van der Waals surface area contributed by atoms with E-state index in [0.717, 1.165) is 6.54 Å². The van der Waals surface area contributed by atoms with E-state index in [0.29, 0.717) is 5.92 Å². The van der Waals surface area contributed by atoms with Gasteiger partial charge in [0.25, 0.3) is 0 Å². The zero-order valence-corrected chi connectivity index (χ0v) is 8.49. The maximum Gasteiger partial charge on any atom is 0.317 e. The predicted octanol–water partition coefficient (Wildman–Crippen LogP) is 0.511. The number of aliphatic carboxylic acids is 1. The first-order chi connectivity index (χ1) is 6.52. The molecule has 1 saturated heterocycles. The third-order valence-corrected chi connectivity index (χ3v) is 2.68. The summed E-state index contributed by atoms with van der Waals surface area (Å²) in [4.78, 5) is 23.3. The standard InChI is InChI=1S/C9H16N2O3/c1-6-5-11(7(6)2)9(14)10-4-3-8(12)13/h6-7H,3-5H2,1-2H3,(H,10,14)(H,12,13). The van der Waals surface area contributed by atoms with Crippen LogP contribution in [-0.2, 0) is 4.79 Å². The maximum absolute atomic E-state index is 11.4. The molecule has 0 bridgehead atoms. The first kappa shape index (κ1) is 10.8. The highest BCUT2D eigenvalue weighted by Gasteiger charge is 2.35. The second-order valence-corrected chi connectivity index (χ2v) is 3.75. The van der Waals surface area contributed by atoms with Gasteiger partial charge in [0.2, 0.25) is 0 Å². The van der Waals surface area contributed by atoms with Crippen LogP contribution in [0.5, 0.6) is 0 Å². The highest BCUT2D eigenvalue weighted by Crippen LogP contribution is 2.23. The SMILES string of the molecule is CC1CN(C(=O)NCCC(=O)O)C1C. The van der Waals surface area contributed by atoms with Crippen LogP contribution < -0.4 is 5.32 Å². The summed E-state index contributed by atoms with van der Waals surface area (Å²) in [6.07, 6.45) is -0.0243. The molecule has 0 radical (unpaired) electrons. The van der Waals surface area contributed by atoms with Gasteiger partial charge in [0.15, 0.2) is 0 Å². The monoisotopic (exact) mass is 200 g/mol. The Labute approximate surface area is 83.1 Å². The molecule has 0 aliphatic carbocycles. The Kier molecular flexibility index (Phi) is 3.33. The lowest BCUT2D eigenvalue weighted by Gasteiger charge is -2.44. The number of nitrogens with one attached hydrogen (secondary N) is 1. The van der Waals surface area contributed by atoms with Crippen molar-refractivity contribution < 1.29 is 14.7 Å². The lowest BCUT2D eigenvalue weighted by atomic mass is 9.93. The topological polar surface area (TPSA) is 69.6 Å². The van der Waals surface area contributed by atoms with Crippen LogP contribution in [0.2, 0.25) is 0 Å². The van der Waals surface area contributed by atoms with E-state index in [1.807, 2.05) is 6.92 Å². The van der Waals surface area contributed by atoms with Crippen molar-refractivity contribution in [3.63, 3.8) is 0 Å². The van der Waals surface area contributed by atoms with Crippen molar-refractivity contribution in [2.45, 2.75) is 26.3 Å². The molecule has 0 aromatic rings. The van der Waals surface area contributed by atoms with Crippen molar-refractivity contribution in [1.29, 1.82) is 0 Å². The number of carboxylic acids is 1. The van der Waals surface area contributed by atoms with E-state index < -0.39 is 5.97 Å². The maximum atomic E-state index is 11.4. The first-order valence-electron chi connectivity index (χ1n) is 4.78. The highest BCUT2D eigenvalue weighted by molar-refractivity contribution is 5.76. The Morgan fingerprint density at radius 1 is 1.50 bits per heavy atom. The van der Waals surface area contributed by atoms with Crippen molar-refractivity contribution >= 4 is 12.0 Å². The van der Waals surface area contributed by atoms with Gasteiger partial charge in [0.1, 0.15) is 0 Å². The number of hydrogen-bond donors (Lipinski definition) is 2. The van der Waals surface area contributed by atoms with Crippen molar-refractivity contribution in [2.75, 3.05) is 13.1 Å². The summed E-state index contributed by atoms with van der Waals surface area (Å²) >= 11 is 0. The Morgan fingerprint density at radius 2 is 2.14 bits per heavy atom. The van der Waals surface area contributed by atoms with E-state index in [9.17, 15) is 9.59 Å². The van der Waals surface area contributed by atoms with Gasteiger partial charge in [-0.1, -0.05) is 6.92 Å². The van der Waals surface area contributed by atoms with Gasteiger partial charge in [-0.3, -0.25) is 4.79 Å². The average molecular weight is 200 g/mol. The number of amides is 2. The van der Waals surface area contributed by atoms with Crippen molar-refractivity contribution in [3.05, 3.63) is 0 Å². The Balaban J connectivity index is 2.20. The molecule has 0 spiro atoms. The van der Waals surface area contributed by atoms with E-state index >= 15 is 0 Å². The number of rotatable bonds is 3. The molecule has 5 heteroatoms. The van der Waals surface area contributed by atoms with Gasteiger partial charge in [0.05, 0.1) is 6.42 Å². The fourth-order valence-electron chi connectivity index (χ4n) is 1.44. The Bertz CT molecular complexity index is 242. The molecule has 2 unspecified atom stereocenters. The lowest BCUT2D eigenvalue weighted by Crippen LogP contribution is -2.59. The molecule has 1 fully saturated rings. The van der Waals surface area contributed by atoms with Crippen LogP contribution in [0.25, 0.3) is 0 Å². The van der Waals surface area contributed by atoms with Crippen LogP contribution >= 0.6 is 0 Å². The van der Waals surface area contributed by atoms with Crippen LogP contribution in [0.4, 0.5) is 4.79 Å². The largest absolute Gasteiger partial charge is 0.481 e. The molecule has 2 amide bonds. The van der Waals surface area contributed by atoms with E-state index in [1.54, 1.807) is 4.90 Å². The van der Waals surface area contributed by atoms with Crippen LogP contribution in [-0.4, -0.2) is 41.1 Å². The summed E-state index contributed by atoms with van der Waals surface area (Å²) in [6, 6.07) is 0.108. The minimum atomic E-state index is -0.893. The molecule has 1 heterocycles. The quantitative estimate of drug-likeness (QED) is 0.697. The summed E-state index contributed by atoms with van der Waals surface area (Å²) in [5.41, 5.74) is 0. The molecule has 80 valence electrons. The smallest absolute Gasteiger partial charge is 0.317 e. The van der Waals surface area contributed by atoms with Gasteiger partial charge in [-0.2, -0.15) is 0 Å². The predicted molar refractivity (Wildman–Crippen MR) is 51.0 cm³/mol. The van der Waals surface area contributed by atoms with Crippen molar-refractivity contribution in [2.24, 2.45) is 5.92 Å². The van der Waals surface area contributed by atoms with Gasteiger partial charge < -0.3 is 15.3 Å². The summed E-state index contributed by atoms with van der Waals surface area (Å²) in [6.45, 7) is 5.04. The van der Waals surface area contributed by atoms with Crippen LogP contribution in [0.3, 0.4) is 0 Å². The van der Waals surface area contributed by atoms with Crippen LogP contribution in [0.15, 0.2) is 0 Å². The third kappa shape index (κ3) is 2.37. The molecular weight excluding hydrogens is 184 g/mol. The van der Waals surface area contributed by atoms with Gasteiger partial charge in [-0.05, 0) is 12.8 Å². The van der Waals surface area contributed by atoms with Gasteiger partial charge in [-0.25, -0.2) is 4.79 Å². The third-order valence-electron chi connectivity index (χ3n) is 2.68. The Hall–Kier alpha value is -1.26. The van der Waals surface area contributed by atoms with E-state index in [4.69, 9.17) is 5.11 Å². The molecule has 1 aliphatic rings. The number of carbonyl (C=O) groups is 2. The summed E-state index contributed by atoms with van der Waals surface area (Å²) in [5, 5.41) is 10.9. The van der Waals surface area contributed by atoms with Crippen molar-refractivity contribution in [3.8, 4) is 0 Å². The van der Waals surface area contributed by atoms with E-state index in [-0.39, 0.29) is 25.0 Å². The summed E-state index contributed by atoms with van der Waals surface area (Å²) in [7, 11) is 0.